The highest BCUT2D eigenvalue weighted by molar-refractivity contribution is 5.42. The molecule has 106 valence electrons. The van der Waals surface area contributed by atoms with Crippen molar-refractivity contribution in [3.63, 3.8) is 0 Å². The lowest BCUT2D eigenvalue weighted by molar-refractivity contribution is 0.348. The summed E-state index contributed by atoms with van der Waals surface area (Å²) in [4.78, 5) is 12.8. The lowest BCUT2D eigenvalue weighted by atomic mass is 10.3. The molecule has 0 radical (unpaired) electrons. The number of pyridine rings is 1. The van der Waals surface area contributed by atoms with Gasteiger partial charge in [-0.1, -0.05) is 0 Å². The summed E-state index contributed by atoms with van der Waals surface area (Å²) in [5.74, 6) is 1.33. The number of nitrogens with one attached hydrogen (secondary N) is 1. The zero-order valence-corrected chi connectivity index (χ0v) is 11.9. The van der Waals surface area contributed by atoms with Crippen molar-refractivity contribution in [2.45, 2.75) is 20.0 Å². The molecule has 0 amide bonds. The van der Waals surface area contributed by atoms with Gasteiger partial charge in [-0.25, -0.2) is 0 Å². The minimum absolute atomic E-state index is 0.565. The Bertz CT molecular complexity index is 558. The molecule has 0 unspecified atom stereocenters. The number of methoxy groups -OCH3 is 2. The third-order valence-electron chi connectivity index (χ3n) is 2.80. The maximum Gasteiger partial charge on any atom is 0.183 e. The molecule has 0 atom stereocenters. The standard InChI is InChI=1S/C14H18N4O2/c1-10-6-18-11(8-17-10)7-15-9-12-14(20-3)13(19-2)4-5-16-12/h4-6,8,15H,7,9H2,1-3H3. The van der Waals surface area contributed by atoms with Gasteiger partial charge in [-0.3, -0.25) is 15.0 Å². The van der Waals surface area contributed by atoms with Crippen LogP contribution in [0.5, 0.6) is 11.5 Å². The van der Waals surface area contributed by atoms with E-state index < -0.39 is 0 Å². The molecule has 0 bridgehead atoms. The van der Waals surface area contributed by atoms with Crippen molar-refractivity contribution in [1.82, 2.24) is 20.3 Å². The highest BCUT2D eigenvalue weighted by Gasteiger charge is 2.10. The molecule has 20 heavy (non-hydrogen) atoms. The fourth-order valence-corrected chi connectivity index (χ4v) is 1.80. The number of hydrogen-bond donors (Lipinski definition) is 1. The normalized spacial score (nSPS) is 10.3. The zero-order valence-electron chi connectivity index (χ0n) is 11.9. The van der Waals surface area contributed by atoms with Crippen LogP contribution in [-0.4, -0.2) is 29.2 Å². The number of nitrogens with zero attached hydrogens (tertiary/aromatic N) is 3. The van der Waals surface area contributed by atoms with Crippen LogP contribution in [0.1, 0.15) is 17.1 Å². The van der Waals surface area contributed by atoms with Gasteiger partial charge in [-0.15, -0.1) is 0 Å². The SMILES string of the molecule is COc1ccnc(CNCc2cnc(C)cn2)c1OC. The second-order valence-electron chi connectivity index (χ2n) is 4.25. The molecule has 0 spiro atoms. The molecule has 2 heterocycles. The largest absolute Gasteiger partial charge is 0.493 e. The topological polar surface area (TPSA) is 69.2 Å². The number of hydrogen-bond acceptors (Lipinski definition) is 6. The summed E-state index contributed by atoms with van der Waals surface area (Å²) in [6, 6.07) is 1.77. The molecular weight excluding hydrogens is 256 g/mol. The Morgan fingerprint density at radius 2 is 1.90 bits per heavy atom. The highest BCUT2D eigenvalue weighted by atomic mass is 16.5. The van der Waals surface area contributed by atoms with Gasteiger partial charge in [0.25, 0.3) is 0 Å². The molecule has 0 saturated heterocycles. The molecule has 2 aromatic heterocycles. The molecule has 6 nitrogen and oxygen atoms in total. The minimum atomic E-state index is 0.565. The van der Waals surface area contributed by atoms with Crippen molar-refractivity contribution in [2.75, 3.05) is 14.2 Å². The van der Waals surface area contributed by atoms with E-state index in [0.29, 0.717) is 24.6 Å². The van der Waals surface area contributed by atoms with Crippen molar-refractivity contribution in [1.29, 1.82) is 0 Å². The van der Waals surface area contributed by atoms with Crippen LogP contribution in [-0.2, 0) is 13.1 Å². The predicted octanol–water partition coefficient (Wildman–Crippen LogP) is 1.49. The van der Waals surface area contributed by atoms with Gasteiger partial charge in [0.15, 0.2) is 11.5 Å². The summed E-state index contributed by atoms with van der Waals surface area (Å²) in [5.41, 5.74) is 2.59. The zero-order chi connectivity index (χ0) is 14.4. The average Bonchev–Trinajstić information content (AvgIpc) is 2.49. The van der Waals surface area contributed by atoms with Gasteiger partial charge in [0, 0.05) is 37.7 Å². The quantitative estimate of drug-likeness (QED) is 0.860. The number of ether oxygens (including phenoxy) is 2. The lowest BCUT2D eigenvalue weighted by Gasteiger charge is -2.12. The van der Waals surface area contributed by atoms with E-state index in [9.17, 15) is 0 Å². The van der Waals surface area contributed by atoms with E-state index in [2.05, 4.69) is 20.3 Å². The van der Waals surface area contributed by atoms with E-state index in [-0.39, 0.29) is 0 Å². The Morgan fingerprint density at radius 1 is 1.05 bits per heavy atom. The molecule has 6 heteroatoms. The molecule has 2 rings (SSSR count). The second-order valence-corrected chi connectivity index (χ2v) is 4.25. The maximum atomic E-state index is 5.33. The van der Waals surface area contributed by atoms with Crippen molar-refractivity contribution in [2.24, 2.45) is 0 Å². The minimum Gasteiger partial charge on any atom is -0.493 e. The van der Waals surface area contributed by atoms with E-state index in [1.807, 2.05) is 6.92 Å². The first-order valence-corrected chi connectivity index (χ1v) is 6.28. The summed E-state index contributed by atoms with van der Waals surface area (Å²) < 4.78 is 10.6. The van der Waals surface area contributed by atoms with Crippen LogP contribution in [0.25, 0.3) is 0 Å². The van der Waals surface area contributed by atoms with Crippen LogP contribution < -0.4 is 14.8 Å². The molecule has 0 saturated carbocycles. The molecule has 0 aliphatic heterocycles. The van der Waals surface area contributed by atoms with Crippen molar-refractivity contribution < 1.29 is 9.47 Å². The second kappa shape index (κ2) is 6.81. The Morgan fingerprint density at radius 3 is 2.55 bits per heavy atom. The van der Waals surface area contributed by atoms with E-state index >= 15 is 0 Å². The monoisotopic (exact) mass is 274 g/mol. The highest BCUT2D eigenvalue weighted by Crippen LogP contribution is 2.28. The van der Waals surface area contributed by atoms with Gasteiger partial charge in [-0.2, -0.15) is 0 Å². The average molecular weight is 274 g/mol. The summed E-state index contributed by atoms with van der Waals surface area (Å²) >= 11 is 0. The number of aryl methyl sites for hydroxylation is 1. The lowest BCUT2D eigenvalue weighted by Crippen LogP contribution is -2.15. The molecule has 0 fully saturated rings. The summed E-state index contributed by atoms with van der Waals surface area (Å²) in [6.07, 6.45) is 5.21. The first-order chi connectivity index (χ1) is 9.74. The Balaban J connectivity index is 1.98. The Labute approximate surface area is 118 Å². The first kappa shape index (κ1) is 14.2. The fraction of sp³-hybridized carbons (Fsp3) is 0.357. The van der Waals surface area contributed by atoms with Crippen molar-refractivity contribution in [3.05, 3.63) is 41.7 Å². The van der Waals surface area contributed by atoms with Crippen LogP contribution in [0, 0.1) is 6.92 Å². The van der Waals surface area contributed by atoms with Gasteiger partial charge in [0.1, 0.15) is 0 Å². The Kier molecular flexibility index (Phi) is 4.84. The predicted molar refractivity (Wildman–Crippen MR) is 74.7 cm³/mol. The third-order valence-corrected chi connectivity index (χ3v) is 2.80. The van der Waals surface area contributed by atoms with Crippen LogP contribution in [0.3, 0.4) is 0 Å². The van der Waals surface area contributed by atoms with E-state index in [1.54, 1.807) is 38.9 Å². The molecule has 2 aromatic rings. The number of rotatable bonds is 6. The fourth-order valence-electron chi connectivity index (χ4n) is 1.80. The molecule has 0 aliphatic carbocycles. The molecule has 0 aromatic carbocycles. The third kappa shape index (κ3) is 3.42. The van der Waals surface area contributed by atoms with Gasteiger partial charge in [0.2, 0.25) is 0 Å². The van der Waals surface area contributed by atoms with Gasteiger partial charge in [0.05, 0.1) is 31.3 Å². The van der Waals surface area contributed by atoms with E-state index in [0.717, 1.165) is 17.1 Å². The molecule has 1 N–H and O–H groups in total. The summed E-state index contributed by atoms with van der Waals surface area (Å²) in [5, 5.41) is 3.26. The van der Waals surface area contributed by atoms with Gasteiger partial charge >= 0.3 is 0 Å². The number of aromatic nitrogens is 3. The van der Waals surface area contributed by atoms with E-state index in [4.69, 9.17) is 9.47 Å². The van der Waals surface area contributed by atoms with Crippen LogP contribution >= 0.6 is 0 Å². The first-order valence-electron chi connectivity index (χ1n) is 6.28. The van der Waals surface area contributed by atoms with Crippen molar-refractivity contribution >= 4 is 0 Å². The van der Waals surface area contributed by atoms with Crippen LogP contribution in [0.15, 0.2) is 24.7 Å². The van der Waals surface area contributed by atoms with Crippen molar-refractivity contribution in [3.8, 4) is 11.5 Å². The van der Waals surface area contributed by atoms with E-state index in [1.165, 1.54) is 0 Å². The molecule has 0 aliphatic rings. The van der Waals surface area contributed by atoms with Crippen LogP contribution in [0.4, 0.5) is 0 Å². The Hall–Kier alpha value is -2.21. The smallest absolute Gasteiger partial charge is 0.183 e. The van der Waals surface area contributed by atoms with Crippen LogP contribution in [0.2, 0.25) is 0 Å². The summed E-state index contributed by atoms with van der Waals surface area (Å²) in [6.45, 7) is 3.10. The summed E-state index contributed by atoms with van der Waals surface area (Å²) in [7, 11) is 3.21. The van der Waals surface area contributed by atoms with Gasteiger partial charge < -0.3 is 14.8 Å². The maximum absolute atomic E-state index is 5.33. The van der Waals surface area contributed by atoms with Gasteiger partial charge in [-0.05, 0) is 6.92 Å². The molecular formula is C14H18N4O2.